The molecule has 0 aliphatic heterocycles. The van der Waals surface area contributed by atoms with Crippen LogP contribution in [0.1, 0.15) is 51.0 Å². The maximum absolute atomic E-state index is 13.8. The zero-order chi connectivity index (χ0) is 28.9. The van der Waals surface area contributed by atoms with Crippen molar-refractivity contribution >= 4 is 55.8 Å². The van der Waals surface area contributed by atoms with Crippen molar-refractivity contribution < 1.29 is 18.0 Å². The molecule has 0 radical (unpaired) electrons. The van der Waals surface area contributed by atoms with Crippen molar-refractivity contribution in [2.45, 2.75) is 69.0 Å². The molecule has 3 aromatic carbocycles. The van der Waals surface area contributed by atoms with Gasteiger partial charge in [-0.3, -0.25) is 9.59 Å². The van der Waals surface area contributed by atoms with Crippen LogP contribution in [0.25, 0.3) is 10.8 Å². The third-order valence-electron chi connectivity index (χ3n) is 7.46. The van der Waals surface area contributed by atoms with Gasteiger partial charge in [0.25, 0.3) is 0 Å². The zero-order valence-electron chi connectivity index (χ0n) is 22.8. The highest BCUT2D eigenvalue weighted by molar-refractivity contribution is 7.89. The monoisotopic (exact) mass is 603 g/mol. The van der Waals surface area contributed by atoms with E-state index < -0.39 is 28.5 Å². The van der Waals surface area contributed by atoms with Gasteiger partial charge in [0.2, 0.25) is 21.8 Å². The molecule has 1 aliphatic rings. The minimum atomic E-state index is -3.97. The molecule has 1 N–H and O–H groups in total. The van der Waals surface area contributed by atoms with Gasteiger partial charge in [0, 0.05) is 19.6 Å². The number of rotatable bonds is 10. The second-order valence-electron chi connectivity index (χ2n) is 10.3. The fourth-order valence-corrected chi connectivity index (χ4v) is 6.65. The first kappa shape index (κ1) is 30.3. The molecule has 214 valence electrons. The molecular weight excluding hydrogens is 569 g/mol. The molecule has 0 saturated heterocycles. The number of sulfonamides is 1. The Labute approximate surface area is 246 Å². The molecule has 1 atom stereocenters. The van der Waals surface area contributed by atoms with E-state index in [1.165, 1.54) is 11.9 Å². The third kappa shape index (κ3) is 7.16. The summed E-state index contributed by atoms with van der Waals surface area (Å²) >= 11 is 12.3. The molecule has 4 rings (SSSR count). The molecule has 1 saturated carbocycles. The Morgan fingerprint density at radius 3 is 2.33 bits per heavy atom. The van der Waals surface area contributed by atoms with Gasteiger partial charge in [-0.2, -0.15) is 4.31 Å². The van der Waals surface area contributed by atoms with E-state index in [1.807, 2.05) is 31.2 Å². The van der Waals surface area contributed by atoms with Crippen LogP contribution in [0, 0.1) is 0 Å². The Kier molecular flexibility index (Phi) is 10.1. The molecule has 40 heavy (non-hydrogen) atoms. The molecule has 3 aromatic rings. The topological polar surface area (TPSA) is 86.8 Å². The number of hydrogen-bond acceptors (Lipinski definition) is 4. The van der Waals surface area contributed by atoms with Crippen LogP contribution in [0.5, 0.6) is 0 Å². The van der Waals surface area contributed by atoms with E-state index in [4.69, 9.17) is 23.2 Å². The predicted molar refractivity (Wildman–Crippen MR) is 160 cm³/mol. The van der Waals surface area contributed by atoms with Gasteiger partial charge in [0.15, 0.2) is 0 Å². The Bertz CT molecular complexity index is 1470. The second-order valence-corrected chi connectivity index (χ2v) is 13.2. The van der Waals surface area contributed by atoms with Crippen molar-refractivity contribution in [3.05, 3.63) is 76.3 Å². The van der Waals surface area contributed by atoms with Crippen molar-refractivity contribution in [3.63, 3.8) is 0 Å². The fraction of sp³-hybridized carbons (Fsp3) is 0.400. The minimum absolute atomic E-state index is 0.0770. The number of fused-ring (bicyclic) bond motifs is 1. The number of hydrogen-bond donors (Lipinski definition) is 1. The van der Waals surface area contributed by atoms with Gasteiger partial charge < -0.3 is 10.2 Å². The Morgan fingerprint density at radius 1 is 0.950 bits per heavy atom. The van der Waals surface area contributed by atoms with Crippen LogP contribution in [0.4, 0.5) is 0 Å². The van der Waals surface area contributed by atoms with Crippen LogP contribution >= 0.6 is 23.2 Å². The Hall–Kier alpha value is -2.65. The van der Waals surface area contributed by atoms with E-state index in [2.05, 4.69) is 5.32 Å². The second kappa shape index (κ2) is 13.3. The maximum atomic E-state index is 13.8. The lowest BCUT2D eigenvalue weighted by atomic mass is 9.95. The number of carbonyl (C=O) groups is 2. The molecule has 0 bridgehead atoms. The van der Waals surface area contributed by atoms with Gasteiger partial charge in [-0.25, -0.2) is 8.42 Å². The summed E-state index contributed by atoms with van der Waals surface area (Å²) in [5.74, 6) is -0.716. The van der Waals surface area contributed by atoms with Crippen LogP contribution in [0.3, 0.4) is 0 Å². The lowest BCUT2D eigenvalue weighted by Gasteiger charge is -2.33. The average Bonchev–Trinajstić information content (AvgIpc) is 2.95. The van der Waals surface area contributed by atoms with Crippen LogP contribution in [-0.2, 0) is 26.2 Å². The Balaban J connectivity index is 1.58. The van der Waals surface area contributed by atoms with Crippen molar-refractivity contribution in [3.8, 4) is 0 Å². The standard InChI is InChI=1S/C30H35Cl2N3O4S/c1-3-28(30(37)33-24-11-5-4-6-12-24)35(19-21-13-16-26(31)27(32)17-21)29(36)20-34(2)40(38,39)25-15-14-22-9-7-8-10-23(22)18-25/h7-10,13-18,24,28H,3-6,11-12,19-20H2,1-2H3,(H,33,37)/t28-/m1/s1. The summed E-state index contributed by atoms with van der Waals surface area (Å²) < 4.78 is 27.9. The molecule has 10 heteroatoms. The molecule has 7 nitrogen and oxygen atoms in total. The lowest BCUT2D eigenvalue weighted by molar-refractivity contribution is -0.141. The first-order valence-corrected chi connectivity index (χ1v) is 15.8. The summed E-state index contributed by atoms with van der Waals surface area (Å²) in [6.45, 7) is 1.50. The van der Waals surface area contributed by atoms with Gasteiger partial charge in [0.05, 0.1) is 21.5 Å². The number of carbonyl (C=O) groups excluding carboxylic acids is 2. The average molecular weight is 605 g/mol. The zero-order valence-corrected chi connectivity index (χ0v) is 25.1. The van der Waals surface area contributed by atoms with Crippen molar-refractivity contribution in [1.29, 1.82) is 0 Å². The van der Waals surface area contributed by atoms with Crippen LogP contribution in [0.15, 0.2) is 65.6 Å². The highest BCUT2D eigenvalue weighted by Crippen LogP contribution is 2.26. The molecule has 0 heterocycles. The number of halogens is 2. The number of amides is 2. The van der Waals surface area contributed by atoms with Gasteiger partial charge in [-0.15, -0.1) is 0 Å². The van der Waals surface area contributed by atoms with Crippen LogP contribution in [0.2, 0.25) is 10.0 Å². The summed E-state index contributed by atoms with van der Waals surface area (Å²) in [5, 5.41) is 5.55. The minimum Gasteiger partial charge on any atom is -0.352 e. The molecule has 0 spiro atoms. The predicted octanol–water partition coefficient (Wildman–Crippen LogP) is 6.02. The van der Waals surface area contributed by atoms with Crippen LogP contribution < -0.4 is 5.32 Å². The van der Waals surface area contributed by atoms with Crippen molar-refractivity contribution in [1.82, 2.24) is 14.5 Å². The van der Waals surface area contributed by atoms with E-state index in [9.17, 15) is 18.0 Å². The molecule has 1 fully saturated rings. The summed E-state index contributed by atoms with van der Waals surface area (Å²) in [6.07, 6.45) is 5.47. The summed E-state index contributed by atoms with van der Waals surface area (Å²) in [5.41, 5.74) is 0.687. The van der Waals surface area contributed by atoms with Crippen molar-refractivity contribution in [2.24, 2.45) is 0 Å². The quantitative estimate of drug-likeness (QED) is 0.307. The first-order chi connectivity index (χ1) is 19.1. The summed E-state index contributed by atoms with van der Waals surface area (Å²) in [4.78, 5) is 28.8. The number of likely N-dealkylation sites (N-methyl/N-ethyl adjacent to an activating group) is 1. The normalized spacial score (nSPS) is 15.2. The van der Waals surface area contributed by atoms with E-state index in [1.54, 1.807) is 36.4 Å². The lowest BCUT2D eigenvalue weighted by Crippen LogP contribution is -2.53. The highest BCUT2D eigenvalue weighted by atomic mass is 35.5. The SMILES string of the molecule is CC[C@H](C(=O)NC1CCCCC1)N(Cc1ccc(Cl)c(Cl)c1)C(=O)CN(C)S(=O)(=O)c1ccc2ccccc2c1. The largest absolute Gasteiger partial charge is 0.352 e. The van der Waals surface area contributed by atoms with Gasteiger partial charge in [-0.05, 0) is 59.9 Å². The highest BCUT2D eigenvalue weighted by Gasteiger charge is 2.33. The molecule has 0 aromatic heterocycles. The van der Waals surface area contributed by atoms with Gasteiger partial charge >= 0.3 is 0 Å². The Morgan fingerprint density at radius 2 is 1.65 bits per heavy atom. The number of benzene rings is 3. The van der Waals surface area contributed by atoms with Crippen LogP contribution in [-0.4, -0.2) is 55.1 Å². The van der Waals surface area contributed by atoms with Gasteiger partial charge in [0.1, 0.15) is 6.04 Å². The van der Waals surface area contributed by atoms with E-state index in [0.29, 0.717) is 22.0 Å². The van der Waals surface area contributed by atoms with E-state index in [-0.39, 0.29) is 23.4 Å². The number of nitrogens with zero attached hydrogens (tertiary/aromatic N) is 2. The summed E-state index contributed by atoms with van der Waals surface area (Å²) in [7, 11) is -2.60. The third-order valence-corrected chi connectivity index (χ3v) is 10.00. The van der Waals surface area contributed by atoms with Crippen molar-refractivity contribution in [2.75, 3.05) is 13.6 Å². The molecular formula is C30H35Cl2N3O4S. The van der Waals surface area contributed by atoms with E-state index in [0.717, 1.165) is 47.2 Å². The molecule has 1 aliphatic carbocycles. The number of nitrogens with one attached hydrogen (secondary N) is 1. The first-order valence-electron chi connectivity index (χ1n) is 13.6. The maximum Gasteiger partial charge on any atom is 0.243 e. The smallest absolute Gasteiger partial charge is 0.243 e. The van der Waals surface area contributed by atoms with E-state index >= 15 is 0 Å². The molecule has 0 unspecified atom stereocenters. The molecule has 2 amide bonds. The van der Waals surface area contributed by atoms with Gasteiger partial charge in [-0.1, -0.05) is 85.8 Å². The summed E-state index contributed by atoms with van der Waals surface area (Å²) in [6, 6.07) is 16.7. The fourth-order valence-electron chi connectivity index (χ4n) is 5.17.